The number of aromatic amines is 1. The molecule has 1 fully saturated rings. The molecule has 0 unspecified atom stereocenters. The van der Waals surface area contributed by atoms with Gasteiger partial charge in [-0.2, -0.15) is 5.26 Å². The molecule has 0 bridgehead atoms. The number of fused-ring (bicyclic) bond motifs is 3. The van der Waals surface area contributed by atoms with Gasteiger partial charge in [0.1, 0.15) is 23.9 Å². The minimum atomic E-state index is -1.08. The third kappa shape index (κ3) is 4.87. The number of nitrogens with one attached hydrogen (secondary N) is 3. The number of halogens is 1. The SMILES string of the molecule is CC(C)C[C@@H](C(=O)N1C[C@]2(C[C@H]1C#N)C(=O)Nc1ccccc12)N(C)C(=O)[C@H](C)NC(=O)c1cc2[nH]ccc2cc1F. The van der Waals surface area contributed by atoms with Crippen molar-refractivity contribution in [1.29, 1.82) is 5.26 Å². The molecule has 42 heavy (non-hydrogen) atoms. The van der Waals surface area contributed by atoms with E-state index in [1.54, 1.807) is 18.3 Å². The number of aromatic nitrogens is 1. The Kier molecular flexibility index (Phi) is 7.49. The van der Waals surface area contributed by atoms with Crippen LogP contribution in [0.5, 0.6) is 0 Å². The number of carbonyl (C=O) groups is 4. The van der Waals surface area contributed by atoms with Gasteiger partial charge in [0, 0.05) is 42.8 Å². The first-order chi connectivity index (χ1) is 20.0. The summed E-state index contributed by atoms with van der Waals surface area (Å²) in [6.07, 6.45) is 2.08. The number of benzene rings is 2. The van der Waals surface area contributed by atoms with E-state index in [2.05, 4.69) is 21.7 Å². The van der Waals surface area contributed by atoms with Crippen molar-refractivity contribution in [2.75, 3.05) is 18.9 Å². The van der Waals surface area contributed by atoms with Crippen molar-refractivity contribution < 1.29 is 23.6 Å². The van der Waals surface area contributed by atoms with Crippen LogP contribution in [0.25, 0.3) is 10.9 Å². The summed E-state index contributed by atoms with van der Waals surface area (Å²) in [6, 6.07) is 10.9. The van der Waals surface area contributed by atoms with Crippen molar-refractivity contribution in [1.82, 2.24) is 20.1 Å². The van der Waals surface area contributed by atoms with Crippen LogP contribution in [0.4, 0.5) is 10.1 Å². The average molecular weight is 573 g/mol. The number of likely N-dealkylation sites (N-methyl/N-ethyl adjacent to an activating group) is 1. The fourth-order valence-electron chi connectivity index (χ4n) is 6.09. The normalized spacial score (nSPS) is 20.7. The Hall–Kier alpha value is -4.72. The number of H-pyrrole nitrogens is 1. The van der Waals surface area contributed by atoms with Crippen LogP contribution >= 0.6 is 0 Å². The first-order valence-corrected chi connectivity index (χ1v) is 13.9. The molecule has 3 heterocycles. The van der Waals surface area contributed by atoms with E-state index in [4.69, 9.17) is 0 Å². The highest BCUT2D eigenvalue weighted by Crippen LogP contribution is 2.46. The number of nitriles is 1. The van der Waals surface area contributed by atoms with Crippen molar-refractivity contribution in [3.05, 3.63) is 65.6 Å². The maximum absolute atomic E-state index is 14.6. The standard InChI is InChI=1S/C31H33FN6O4/c1-17(2)11-26(29(41)38-16-31(14-20(38)15-33)22-7-5-6-8-24(22)36-30(31)42)37(4)28(40)18(3)35-27(39)21-13-25-19(9-10-34-25)12-23(21)32/h5-10,12-13,17-18,20,26,34H,11,14,16H2,1-4H3,(H,35,39)(H,36,42)/t18-,20-,26-,31-/m0/s1. The summed E-state index contributed by atoms with van der Waals surface area (Å²) in [6.45, 7) is 5.31. The van der Waals surface area contributed by atoms with Gasteiger partial charge in [-0.15, -0.1) is 0 Å². The highest BCUT2D eigenvalue weighted by atomic mass is 19.1. The molecule has 4 amide bonds. The lowest BCUT2D eigenvalue weighted by atomic mass is 9.80. The van der Waals surface area contributed by atoms with E-state index in [9.17, 15) is 28.8 Å². The molecule has 0 radical (unpaired) electrons. The predicted octanol–water partition coefficient (Wildman–Crippen LogP) is 3.31. The molecule has 0 saturated carbocycles. The quantitative estimate of drug-likeness (QED) is 0.399. The van der Waals surface area contributed by atoms with Gasteiger partial charge in [0.2, 0.25) is 17.7 Å². The van der Waals surface area contributed by atoms with Crippen molar-refractivity contribution in [3.8, 4) is 6.07 Å². The second-order valence-corrected chi connectivity index (χ2v) is 11.6. The average Bonchev–Trinajstić information content (AvgIpc) is 3.66. The Morgan fingerprint density at radius 2 is 1.95 bits per heavy atom. The molecule has 10 nitrogen and oxygen atoms in total. The van der Waals surface area contributed by atoms with E-state index in [-0.39, 0.29) is 30.4 Å². The number of anilines is 1. The number of likely N-dealkylation sites (tertiary alicyclic amines) is 1. The smallest absolute Gasteiger partial charge is 0.254 e. The van der Waals surface area contributed by atoms with Gasteiger partial charge in [0.25, 0.3) is 5.91 Å². The van der Waals surface area contributed by atoms with Gasteiger partial charge in [-0.05, 0) is 49.1 Å². The van der Waals surface area contributed by atoms with Crippen LogP contribution < -0.4 is 10.6 Å². The van der Waals surface area contributed by atoms with E-state index in [1.807, 2.05) is 32.0 Å². The second kappa shape index (κ2) is 10.9. The van der Waals surface area contributed by atoms with Crippen molar-refractivity contribution >= 4 is 40.2 Å². The number of nitrogens with zero attached hydrogens (tertiary/aromatic N) is 3. The molecule has 218 valence electrons. The van der Waals surface area contributed by atoms with Gasteiger partial charge in [-0.1, -0.05) is 32.0 Å². The van der Waals surface area contributed by atoms with Crippen molar-refractivity contribution in [2.45, 2.75) is 57.2 Å². The predicted molar refractivity (Wildman–Crippen MR) is 154 cm³/mol. The lowest BCUT2D eigenvalue weighted by molar-refractivity contribution is -0.146. The third-order valence-corrected chi connectivity index (χ3v) is 8.31. The Bertz CT molecular complexity index is 1630. The molecule has 0 aliphatic carbocycles. The summed E-state index contributed by atoms with van der Waals surface area (Å²) in [5.74, 6) is -2.72. The van der Waals surface area contributed by atoms with Crippen molar-refractivity contribution in [3.63, 3.8) is 0 Å². The van der Waals surface area contributed by atoms with Gasteiger partial charge < -0.3 is 25.4 Å². The summed E-state index contributed by atoms with van der Waals surface area (Å²) in [4.78, 5) is 59.3. The number of carbonyl (C=O) groups excluding carboxylic acids is 4. The topological polar surface area (TPSA) is 138 Å². The highest BCUT2D eigenvalue weighted by molar-refractivity contribution is 6.07. The zero-order chi connectivity index (χ0) is 30.3. The monoisotopic (exact) mass is 572 g/mol. The van der Waals surface area contributed by atoms with Gasteiger partial charge in [0.05, 0.1) is 17.0 Å². The molecular weight excluding hydrogens is 539 g/mol. The van der Waals surface area contributed by atoms with Crippen LogP contribution in [-0.2, 0) is 19.8 Å². The largest absolute Gasteiger partial charge is 0.361 e. The molecule has 3 aromatic rings. The number of amides is 4. The van der Waals surface area contributed by atoms with Gasteiger partial charge in [0.15, 0.2) is 0 Å². The lowest BCUT2D eigenvalue weighted by Gasteiger charge is -2.34. The van der Waals surface area contributed by atoms with Crippen molar-refractivity contribution in [2.24, 2.45) is 5.92 Å². The molecule has 4 atom stereocenters. The fourth-order valence-corrected chi connectivity index (χ4v) is 6.09. The molecule has 2 aromatic carbocycles. The van der Waals surface area contributed by atoms with E-state index in [0.717, 1.165) is 5.56 Å². The molecule has 2 aliphatic heterocycles. The first kappa shape index (κ1) is 28.8. The Labute approximate surface area is 242 Å². The first-order valence-electron chi connectivity index (χ1n) is 13.9. The van der Waals surface area contributed by atoms with E-state index in [0.29, 0.717) is 23.0 Å². The van der Waals surface area contributed by atoms with Crippen LogP contribution in [0.3, 0.4) is 0 Å². The maximum Gasteiger partial charge on any atom is 0.254 e. The zero-order valence-corrected chi connectivity index (χ0v) is 23.9. The third-order valence-electron chi connectivity index (χ3n) is 8.31. The van der Waals surface area contributed by atoms with E-state index in [1.165, 1.54) is 35.9 Å². The van der Waals surface area contributed by atoms with Gasteiger partial charge >= 0.3 is 0 Å². The molecule has 5 rings (SSSR count). The number of hydrogen-bond acceptors (Lipinski definition) is 5. The summed E-state index contributed by atoms with van der Waals surface area (Å²) >= 11 is 0. The Morgan fingerprint density at radius 3 is 2.67 bits per heavy atom. The van der Waals surface area contributed by atoms with E-state index >= 15 is 0 Å². The Morgan fingerprint density at radius 1 is 1.21 bits per heavy atom. The molecular formula is C31H33FN6O4. The molecule has 11 heteroatoms. The Balaban J connectivity index is 1.36. The molecule has 3 N–H and O–H groups in total. The lowest BCUT2D eigenvalue weighted by Crippen LogP contribution is -2.55. The van der Waals surface area contributed by atoms with Gasteiger partial charge in [-0.3, -0.25) is 19.2 Å². The molecule has 1 aromatic heterocycles. The van der Waals surface area contributed by atoms with Crippen LogP contribution in [0.1, 0.15) is 49.5 Å². The highest BCUT2D eigenvalue weighted by Gasteiger charge is 2.56. The summed E-state index contributed by atoms with van der Waals surface area (Å²) in [5, 5.41) is 16.0. The van der Waals surface area contributed by atoms with Crippen LogP contribution in [0.15, 0.2) is 48.7 Å². The fraction of sp³-hybridized carbons (Fsp3) is 0.387. The minimum absolute atomic E-state index is 0.00770. The van der Waals surface area contributed by atoms with Crippen LogP contribution in [0, 0.1) is 23.1 Å². The maximum atomic E-state index is 14.6. The van der Waals surface area contributed by atoms with Gasteiger partial charge in [-0.25, -0.2) is 4.39 Å². The molecule has 1 spiro atoms. The number of hydrogen-bond donors (Lipinski definition) is 3. The van der Waals surface area contributed by atoms with Crippen LogP contribution in [0.2, 0.25) is 0 Å². The summed E-state index contributed by atoms with van der Waals surface area (Å²) in [7, 11) is 1.48. The number of para-hydroxylation sites is 1. The zero-order valence-electron chi connectivity index (χ0n) is 23.9. The molecule has 1 saturated heterocycles. The molecule has 2 aliphatic rings. The second-order valence-electron chi connectivity index (χ2n) is 11.6. The number of rotatable bonds is 7. The minimum Gasteiger partial charge on any atom is -0.361 e. The van der Waals surface area contributed by atoms with Crippen LogP contribution in [-0.4, -0.2) is 70.1 Å². The summed E-state index contributed by atoms with van der Waals surface area (Å²) in [5.41, 5.74) is 0.724. The summed E-state index contributed by atoms with van der Waals surface area (Å²) < 4.78 is 14.6. The van der Waals surface area contributed by atoms with E-state index < -0.39 is 47.1 Å².